The molecule has 0 spiro atoms. The van der Waals surface area contributed by atoms with Crippen molar-refractivity contribution in [2.75, 3.05) is 26.2 Å². The molecule has 26 heavy (non-hydrogen) atoms. The van der Waals surface area contributed by atoms with E-state index in [1.165, 1.54) is 0 Å². The van der Waals surface area contributed by atoms with Crippen LogP contribution in [0.3, 0.4) is 0 Å². The smallest absolute Gasteiger partial charge is 0.254 e. The van der Waals surface area contributed by atoms with Crippen molar-refractivity contribution in [1.82, 2.24) is 15.2 Å². The molecule has 2 aromatic rings. The number of pyridine rings is 1. The first-order valence-electron chi connectivity index (χ1n) is 8.79. The van der Waals surface area contributed by atoms with E-state index in [0.717, 1.165) is 24.4 Å². The van der Waals surface area contributed by atoms with Crippen molar-refractivity contribution in [2.24, 2.45) is 5.92 Å². The standard InChI is InChI=1S/C20H25N3O2.ClH/c1-15(2)14-25-18-7-5-16(6-8-18)20(24)23-11-10-22-13-19(23)17-4-3-9-21-12-17;/h3-9,12,15,19,22H,10-11,13-14H2,1-2H3;1H. The lowest BCUT2D eigenvalue weighted by Crippen LogP contribution is -2.48. The molecule has 5 nitrogen and oxygen atoms in total. The molecule has 140 valence electrons. The number of rotatable bonds is 5. The van der Waals surface area contributed by atoms with Crippen molar-refractivity contribution in [2.45, 2.75) is 19.9 Å². The summed E-state index contributed by atoms with van der Waals surface area (Å²) >= 11 is 0. The summed E-state index contributed by atoms with van der Waals surface area (Å²) in [5.41, 5.74) is 1.74. The highest BCUT2D eigenvalue weighted by Gasteiger charge is 2.28. The van der Waals surface area contributed by atoms with Crippen LogP contribution in [0.2, 0.25) is 0 Å². The Balaban J connectivity index is 0.00000243. The van der Waals surface area contributed by atoms with Gasteiger partial charge in [-0.15, -0.1) is 12.4 Å². The number of aromatic nitrogens is 1. The summed E-state index contributed by atoms with van der Waals surface area (Å²) in [7, 11) is 0. The molecule has 0 aliphatic carbocycles. The average Bonchev–Trinajstić information content (AvgIpc) is 2.67. The summed E-state index contributed by atoms with van der Waals surface area (Å²) in [5.74, 6) is 1.32. The summed E-state index contributed by atoms with van der Waals surface area (Å²) in [6.45, 7) is 7.13. The lowest BCUT2D eigenvalue weighted by atomic mass is 10.0. The number of halogens is 1. The fraction of sp³-hybridized carbons (Fsp3) is 0.400. The molecule has 0 saturated carbocycles. The Morgan fingerprint density at radius 1 is 1.31 bits per heavy atom. The zero-order valence-corrected chi connectivity index (χ0v) is 16.0. The Kier molecular flexibility index (Phi) is 7.42. The topological polar surface area (TPSA) is 54.5 Å². The number of nitrogens with one attached hydrogen (secondary N) is 1. The van der Waals surface area contributed by atoms with Gasteiger partial charge < -0.3 is 15.0 Å². The number of hydrogen-bond donors (Lipinski definition) is 1. The molecule has 1 fully saturated rings. The Morgan fingerprint density at radius 2 is 2.08 bits per heavy atom. The van der Waals surface area contributed by atoms with Crippen LogP contribution >= 0.6 is 12.4 Å². The maximum atomic E-state index is 13.0. The van der Waals surface area contributed by atoms with Gasteiger partial charge in [0, 0.05) is 37.6 Å². The van der Waals surface area contributed by atoms with Crippen molar-refractivity contribution in [1.29, 1.82) is 0 Å². The van der Waals surface area contributed by atoms with Crippen LogP contribution in [0.1, 0.15) is 35.8 Å². The Hall–Kier alpha value is -2.11. The molecule has 3 rings (SSSR count). The first-order valence-corrected chi connectivity index (χ1v) is 8.79. The van der Waals surface area contributed by atoms with Crippen LogP contribution in [-0.4, -0.2) is 42.0 Å². The second-order valence-corrected chi connectivity index (χ2v) is 6.73. The van der Waals surface area contributed by atoms with Crippen molar-refractivity contribution in [3.05, 3.63) is 59.9 Å². The summed E-state index contributed by atoms with van der Waals surface area (Å²) in [6.07, 6.45) is 3.59. The van der Waals surface area contributed by atoms with E-state index in [4.69, 9.17) is 4.74 Å². The Morgan fingerprint density at radius 3 is 2.73 bits per heavy atom. The predicted molar refractivity (Wildman–Crippen MR) is 105 cm³/mol. The van der Waals surface area contributed by atoms with E-state index >= 15 is 0 Å². The first kappa shape index (κ1) is 20.2. The molecule has 6 heteroatoms. The van der Waals surface area contributed by atoms with Gasteiger partial charge in [-0.1, -0.05) is 19.9 Å². The molecule has 1 saturated heterocycles. The lowest BCUT2D eigenvalue weighted by molar-refractivity contribution is 0.0634. The maximum Gasteiger partial charge on any atom is 0.254 e. The van der Waals surface area contributed by atoms with Crippen LogP contribution in [0.5, 0.6) is 5.75 Å². The van der Waals surface area contributed by atoms with Gasteiger partial charge in [0.05, 0.1) is 12.6 Å². The minimum atomic E-state index is 0. The lowest BCUT2D eigenvalue weighted by Gasteiger charge is -2.36. The van der Waals surface area contributed by atoms with Crippen molar-refractivity contribution >= 4 is 18.3 Å². The molecule has 1 unspecified atom stereocenters. The first-order chi connectivity index (χ1) is 12.1. The molecule has 1 amide bonds. The van der Waals surface area contributed by atoms with Gasteiger partial charge in [-0.2, -0.15) is 0 Å². The number of hydrogen-bond acceptors (Lipinski definition) is 4. The molecular weight excluding hydrogens is 350 g/mol. The van der Waals surface area contributed by atoms with E-state index in [2.05, 4.69) is 24.1 Å². The Bertz CT molecular complexity index is 692. The third kappa shape index (κ3) is 4.96. The monoisotopic (exact) mass is 375 g/mol. The number of benzene rings is 1. The quantitative estimate of drug-likeness (QED) is 0.870. The zero-order chi connectivity index (χ0) is 17.6. The van der Waals surface area contributed by atoms with Gasteiger partial charge in [0.25, 0.3) is 5.91 Å². The van der Waals surface area contributed by atoms with Gasteiger partial charge in [0.1, 0.15) is 5.75 Å². The van der Waals surface area contributed by atoms with E-state index in [1.54, 1.807) is 6.20 Å². The van der Waals surface area contributed by atoms with E-state index in [1.807, 2.05) is 47.5 Å². The van der Waals surface area contributed by atoms with Gasteiger partial charge in [0.15, 0.2) is 0 Å². The molecule has 1 aromatic carbocycles. The molecule has 0 bridgehead atoms. The predicted octanol–water partition coefficient (Wildman–Crippen LogP) is 3.32. The molecule has 1 N–H and O–H groups in total. The fourth-order valence-electron chi connectivity index (χ4n) is 2.94. The van der Waals surface area contributed by atoms with Gasteiger partial charge in [-0.3, -0.25) is 9.78 Å². The average molecular weight is 376 g/mol. The second-order valence-electron chi connectivity index (χ2n) is 6.73. The minimum Gasteiger partial charge on any atom is -0.493 e. The molecule has 1 atom stereocenters. The summed E-state index contributed by atoms with van der Waals surface area (Å²) < 4.78 is 5.69. The van der Waals surface area contributed by atoms with Crippen LogP contribution < -0.4 is 10.1 Å². The normalized spacial score (nSPS) is 16.9. The zero-order valence-electron chi connectivity index (χ0n) is 15.2. The van der Waals surface area contributed by atoms with Crippen LogP contribution in [-0.2, 0) is 0 Å². The molecule has 1 aliphatic rings. The number of carbonyl (C=O) groups is 1. The van der Waals surface area contributed by atoms with Gasteiger partial charge >= 0.3 is 0 Å². The van der Waals surface area contributed by atoms with E-state index in [9.17, 15) is 4.79 Å². The summed E-state index contributed by atoms with van der Waals surface area (Å²) in [5, 5.41) is 3.36. The molecule has 1 aromatic heterocycles. The van der Waals surface area contributed by atoms with Gasteiger partial charge in [-0.25, -0.2) is 0 Å². The van der Waals surface area contributed by atoms with Crippen LogP contribution in [0.15, 0.2) is 48.8 Å². The summed E-state index contributed by atoms with van der Waals surface area (Å²) in [4.78, 5) is 19.1. The molecule has 0 radical (unpaired) electrons. The van der Waals surface area contributed by atoms with Crippen LogP contribution in [0, 0.1) is 5.92 Å². The minimum absolute atomic E-state index is 0. The highest BCUT2D eigenvalue weighted by Crippen LogP contribution is 2.24. The maximum absolute atomic E-state index is 13.0. The van der Waals surface area contributed by atoms with Crippen LogP contribution in [0.25, 0.3) is 0 Å². The van der Waals surface area contributed by atoms with E-state index in [-0.39, 0.29) is 24.4 Å². The largest absolute Gasteiger partial charge is 0.493 e. The third-order valence-corrected chi connectivity index (χ3v) is 4.26. The fourth-order valence-corrected chi connectivity index (χ4v) is 2.94. The summed E-state index contributed by atoms with van der Waals surface area (Å²) in [6, 6.07) is 11.4. The van der Waals surface area contributed by atoms with Gasteiger partial charge in [-0.05, 0) is 41.8 Å². The number of ether oxygens (including phenoxy) is 1. The number of carbonyl (C=O) groups excluding carboxylic acids is 1. The van der Waals surface area contributed by atoms with Crippen molar-refractivity contribution < 1.29 is 9.53 Å². The molecular formula is C20H26ClN3O2. The second kappa shape index (κ2) is 9.55. The van der Waals surface area contributed by atoms with Crippen LogP contribution in [0.4, 0.5) is 0 Å². The Labute approximate surface area is 161 Å². The van der Waals surface area contributed by atoms with Crippen molar-refractivity contribution in [3.63, 3.8) is 0 Å². The molecule has 2 heterocycles. The van der Waals surface area contributed by atoms with Crippen molar-refractivity contribution in [3.8, 4) is 5.75 Å². The van der Waals surface area contributed by atoms with E-state index < -0.39 is 0 Å². The number of amides is 1. The highest BCUT2D eigenvalue weighted by atomic mass is 35.5. The van der Waals surface area contributed by atoms with E-state index in [0.29, 0.717) is 24.6 Å². The highest BCUT2D eigenvalue weighted by molar-refractivity contribution is 5.94. The SMILES string of the molecule is CC(C)COc1ccc(C(=O)N2CCNCC2c2cccnc2)cc1.Cl. The van der Waals surface area contributed by atoms with Gasteiger partial charge in [0.2, 0.25) is 0 Å². The number of nitrogens with zero attached hydrogens (tertiary/aromatic N) is 2. The molecule has 1 aliphatic heterocycles. The number of piperazine rings is 1. The third-order valence-electron chi connectivity index (χ3n) is 4.26.